The number of likely N-dealkylation sites (tertiary alicyclic amines) is 1. The fourth-order valence-electron chi connectivity index (χ4n) is 3.67. The molecule has 5 nitrogen and oxygen atoms in total. The van der Waals surface area contributed by atoms with Crippen LogP contribution >= 0.6 is 0 Å². The van der Waals surface area contributed by atoms with Crippen LogP contribution in [0.25, 0.3) is 0 Å². The number of anilines is 1. The van der Waals surface area contributed by atoms with Crippen molar-refractivity contribution in [3.05, 3.63) is 65.7 Å². The number of halogens is 2. The van der Waals surface area contributed by atoms with Crippen molar-refractivity contribution in [1.82, 2.24) is 10.2 Å². The summed E-state index contributed by atoms with van der Waals surface area (Å²) < 4.78 is 27.2. The number of piperidine rings is 1. The summed E-state index contributed by atoms with van der Waals surface area (Å²) in [7, 11) is 0. The summed E-state index contributed by atoms with van der Waals surface area (Å²) in [6.45, 7) is 4.15. The standard InChI is InChI=1S/C23H27F2N3O2/c1-3-15(2)26-22(29)17-9-12-21(16-7-5-4-6-8-16)28(14-17)23(30)27-20-11-10-18(24)13-19(20)25/h4-8,10-11,13,15,17,21H,3,9,12,14H2,1-2H3,(H,26,29)(H,27,30). The molecule has 3 unspecified atom stereocenters. The fraction of sp³-hybridized carbons (Fsp3) is 0.391. The first-order chi connectivity index (χ1) is 14.4. The number of hydrogen-bond acceptors (Lipinski definition) is 2. The van der Waals surface area contributed by atoms with Crippen molar-refractivity contribution in [2.45, 2.75) is 45.2 Å². The molecule has 1 aliphatic rings. The highest BCUT2D eigenvalue weighted by Gasteiger charge is 2.36. The molecule has 0 spiro atoms. The van der Waals surface area contributed by atoms with E-state index in [9.17, 15) is 18.4 Å². The van der Waals surface area contributed by atoms with Gasteiger partial charge in [-0.1, -0.05) is 37.3 Å². The molecular weight excluding hydrogens is 388 g/mol. The maximum atomic E-state index is 14.0. The number of amides is 3. The highest BCUT2D eigenvalue weighted by molar-refractivity contribution is 5.90. The number of benzene rings is 2. The molecule has 3 amide bonds. The Morgan fingerprint density at radius 2 is 1.87 bits per heavy atom. The number of rotatable bonds is 5. The maximum absolute atomic E-state index is 14.0. The Kier molecular flexibility index (Phi) is 7.03. The van der Waals surface area contributed by atoms with Crippen LogP contribution in [0.4, 0.5) is 19.3 Å². The Bertz CT molecular complexity index is 891. The molecule has 30 heavy (non-hydrogen) atoms. The Balaban J connectivity index is 1.81. The third-order valence-corrected chi connectivity index (χ3v) is 5.57. The van der Waals surface area contributed by atoms with E-state index in [0.29, 0.717) is 12.8 Å². The van der Waals surface area contributed by atoms with Gasteiger partial charge >= 0.3 is 6.03 Å². The van der Waals surface area contributed by atoms with Gasteiger partial charge in [-0.05, 0) is 43.9 Å². The number of carbonyl (C=O) groups excluding carboxylic acids is 2. The smallest absolute Gasteiger partial charge is 0.322 e. The topological polar surface area (TPSA) is 61.4 Å². The molecule has 2 N–H and O–H groups in total. The third kappa shape index (κ3) is 5.14. The molecule has 7 heteroatoms. The Labute approximate surface area is 175 Å². The molecule has 3 atom stereocenters. The Morgan fingerprint density at radius 3 is 2.53 bits per heavy atom. The monoisotopic (exact) mass is 415 g/mol. The van der Waals surface area contributed by atoms with Gasteiger partial charge in [-0.25, -0.2) is 13.6 Å². The average molecular weight is 415 g/mol. The summed E-state index contributed by atoms with van der Waals surface area (Å²) >= 11 is 0. The lowest BCUT2D eigenvalue weighted by Gasteiger charge is -2.39. The molecular formula is C23H27F2N3O2. The Morgan fingerprint density at radius 1 is 1.13 bits per heavy atom. The van der Waals surface area contributed by atoms with Gasteiger partial charge < -0.3 is 15.5 Å². The van der Waals surface area contributed by atoms with Gasteiger partial charge in [-0.2, -0.15) is 0 Å². The van der Waals surface area contributed by atoms with Crippen molar-refractivity contribution in [2.75, 3.05) is 11.9 Å². The summed E-state index contributed by atoms with van der Waals surface area (Å²) in [4.78, 5) is 27.3. The van der Waals surface area contributed by atoms with Gasteiger partial charge in [0.1, 0.15) is 11.6 Å². The van der Waals surface area contributed by atoms with Crippen molar-refractivity contribution in [1.29, 1.82) is 0 Å². The van der Waals surface area contributed by atoms with E-state index < -0.39 is 17.7 Å². The molecule has 2 aromatic rings. The summed E-state index contributed by atoms with van der Waals surface area (Å²) in [5.74, 6) is -1.99. The molecule has 160 valence electrons. The van der Waals surface area contributed by atoms with Gasteiger partial charge in [0.05, 0.1) is 17.6 Å². The number of nitrogens with one attached hydrogen (secondary N) is 2. The fourth-order valence-corrected chi connectivity index (χ4v) is 3.67. The zero-order valence-electron chi connectivity index (χ0n) is 17.2. The number of carbonyl (C=O) groups is 2. The van der Waals surface area contributed by atoms with Gasteiger partial charge in [0.15, 0.2) is 0 Å². The van der Waals surface area contributed by atoms with E-state index in [-0.39, 0.29) is 36.1 Å². The van der Waals surface area contributed by atoms with Crippen LogP contribution in [0, 0.1) is 17.6 Å². The minimum atomic E-state index is -0.845. The Hall–Kier alpha value is -2.96. The van der Waals surface area contributed by atoms with E-state index in [1.807, 2.05) is 44.2 Å². The lowest BCUT2D eigenvalue weighted by Crippen LogP contribution is -2.49. The molecule has 0 radical (unpaired) electrons. The van der Waals surface area contributed by atoms with E-state index in [4.69, 9.17) is 0 Å². The third-order valence-electron chi connectivity index (χ3n) is 5.57. The first-order valence-electron chi connectivity index (χ1n) is 10.3. The maximum Gasteiger partial charge on any atom is 0.322 e. The predicted molar refractivity (Wildman–Crippen MR) is 112 cm³/mol. The predicted octanol–water partition coefficient (Wildman–Crippen LogP) is 4.86. The molecule has 1 fully saturated rings. The summed E-state index contributed by atoms with van der Waals surface area (Å²) in [6.07, 6.45) is 2.08. The van der Waals surface area contributed by atoms with Crippen molar-refractivity contribution in [3.63, 3.8) is 0 Å². The van der Waals surface area contributed by atoms with E-state index in [2.05, 4.69) is 10.6 Å². The van der Waals surface area contributed by atoms with Crippen LogP contribution in [0.2, 0.25) is 0 Å². The zero-order valence-corrected chi connectivity index (χ0v) is 17.2. The van der Waals surface area contributed by atoms with Gasteiger partial charge in [0.2, 0.25) is 5.91 Å². The highest BCUT2D eigenvalue weighted by Crippen LogP contribution is 2.34. The SMILES string of the molecule is CCC(C)NC(=O)C1CCC(c2ccccc2)N(C(=O)Nc2ccc(F)cc2F)C1. The van der Waals surface area contributed by atoms with Crippen LogP contribution in [-0.4, -0.2) is 29.4 Å². The van der Waals surface area contributed by atoms with Gasteiger partial charge in [-0.3, -0.25) is 4.79 Å². The minimum absolute atomic E-state index is 0.0555. The minimum Gasteiger partial charge on any atom is -0.353 e. The normalized spacial score (nSPS) is 19.8. The largest absolute Gasteiger partial charge is 0.353 e. The molecule has 1 saturated heterocycles. The number of nitrogens with zero attached hydrogens (tertiary/aromatic N) is 1. The number of urea groups is 1. The van der Waals surface area contributed by atoms with E-state index in [1.54, 1.807) is 4.90 Å². The molecule has 1 heterocycles. The van der Waals surface area contributed by atoms with Gasteiger partial charge in [0, 0.05) is 18.7 Å². The lowest BCUT2D eigenvalue weighted by molar-refractivity contribution is -0.127. The molecule has 0 aliphatic carbocycles. The highest BCUT2D eigenvalue weighted by atomic mass is 19.1. The molecule has 0 saturated carbocycles. The second kappa shape index (κ2) is 9.69. The van der Waals surface area contributed by atoms with Crippen molar-refractivity contribution in [2.24, 2.45) is 5.92 Å². The first kappa shape index (κ1) is 21.7. The van der Waals surface area contributed by atoms with Crippen LogP contribution in [0.3, 0.4) is 0 Å². The summed E-state index contributed by atoms with van der Waals surface area (Å²) in [5, 5.41) is 5.51. The van der Waals surface area contributed by atoms with Crippen molar-refractivity contribution in [3.8, 4) is 0 Å². The first-order valence-corrected chi connectivity index (χ1v) is 10.3. The van der Waals surface area contributed by atoms with E-state index >= 15 is 0 Å². The van der Waals surface area contributed by atoms with E-state index in [0.717, 1.165) is 24.1 Å². The number of hydrogen-bond donors (Lipinski definition) is 2. The van der Waals surface area contributed by atoms with Crippen molar-refractivity contribution >= 4 is 17.6 Å². The van der Waals surface area contributed by atoms with E-state index in [1.165, 1.54) is 6.07 Å². The lowest BCUT2D eigenvalue weighted by atomic mass is 9.88. The molecule has 3 rings (SSSR count). The molecule has 1 aliphatic heterocycles. The van der Waals surface area contributed by atoms with Crippen LogP contribution in [0.5, 0.6) is 0 Å². The average Bonchev–Trinajstić information content (AvgIpc) is 2.75. The molecule has 2 aromatic carbocycles. The summed E-state index contributed by atoms with van der Waals surface area (Å²) in [6, 6.07) is 11.9. The quantitative estimate of drug-likeness (QED) is 0.732. The zero-order chi connectivity index (χ0) is 21.7. The second-order valence-electron chi connectivity index (χ2n) is 7.73. The second-order valence-corrected chi connectivity index (χ2v) is 7.73. The van der Waals surface area contributed by atoms with Crippen LogP contribution in [-0.2, 0) is 4.79 Å². The van der Waals surface area contributed by atoms with Crippen molar-refractivity contribution < 1.29 is 18.4 Å². The molecule has 0 aromatic heterocycles. The van der Waals surface area contributed by atoms with Gasteiger partial charge in [-0.15, -0.1) is 0 Å². The van der Waals surface area contributed by atoms with Crippen LogP contribution in [0.1, 0.15) is 44.7 Å². The summed E-state index contributed by atoms with van der Waals surface area (Å²) in [5.41, 5.74) is 0.854. The van der Waals surface area contributed by atoms with Crippen LogP contribution < -0.4 is 10.6 Å². The van der Waals surface area contributed by atoms with Crippen LogP contribution in [0.15, 0.2) is 48.5 Å². The molecule has 0 bridgehead atoms. The van der Waals surface area contributed by atoms with Gasteiger partial charge in [0.25, 0.3) is 0 Å².